The number of aromatic nitrogens is 2. The number of nitrogens with zero attached hydrogens (tertiary/aromatic N) is 2. The second kappa shape index (κ2) is 5.25. The van der Waals surface area contributed by atoms with E-state index in [9.17, 15) is 0 Å². The molecule has 0 bridgehead atoms. The molecule has 0 aliphatic rings. The third-order valence-electron chi connectivity index (χ3n) is 1.42. The topological polar surface area (TPSA) is 35.0 Å². The first-order valence-electron chi connectivity index (χ1n) is 4.05. The van der Waals surface area contributed by atoms with Crippen molar-refractivity contribution in [1.82, 2.24) is 9.97 Å². The van der Waals surface area contributed by atoms with Gasteiger partial charge in [-0.15, -0.1) is 0 Å². The fourth-order valence-corrected chi connectivity index (χ4v) is 1.02. The van der Waals surface area contributed by atoms with Gasteiger partial charge in [-0.25, -0.2) is 4.98 Å². The van der Waals surface area contributed by atoms with Gasteiger partial charge in [-0.3, -0.25) is 0 Å². The Morgan fingerprint density at radius 2 is 2.23 bits per heavy atom. The maximum Gasteiger partial charge on any atom is 0.237 e. The molecule has 0 saturated carbocycles. The molecule has 0 radical (unpaired) electrons. The van der Waals surface area contributed by atoms with Gasteiger partial charge in [0.15, 0.2) is 0 Å². The van der Waals surface area contributed by atoms with Crippen LogP contribution in [0.5, 0.6) is 5.88 Å². The van der Waals surface area contributed by atoms with Crippen LogP contribution in [0.2, 0.25) is 10.3 Å². The fraction of sp³-hybridized carbons (Fsp3) is 0.500. The van der Waals surface area contributed by atoms with E-state index in [-0.39, 0.29) is 5.28 Å². The van der Waals surface area contributed by atoms with E-state index in [1.807, 2.05) is 0 Å². The van der Waals surface area contributed by atoms with Gasteiger partial charge in [-0.1, -0.05) is 24.9 Å². The second-order valence-electron chi connectivity index (χ2n) is 2.49. The molecule has 0 saturated heterocycles. The van der Waals surface area contributed by atoms with Crippen molar-refractivity contribution in [2.45, 2.75) is 19.8 Å². The number of hydrogen-bond acceptors (Lipinski definition) is 3. The molecule has 0 aliphatic carbocycles. The normalized spacial score (nSPS) is 10.1. The summed E-state index contributed by atoms with van der Waals surface area (Å²) in [4.78, 5) is 7.55. The van der Waals surface area contributed by atoms with Gasteiger partial charge in [0, 0.05) is 0 Å². The van der Waals surface area contributed by atoms with Gasteiger partial charge < -0.3 is 4.74 Å². The van der Waals surface area contributed by atoms with E-state index in [1.54, 1.807) is 0 Å². The summed E-state index contributed by atoms with van der Waals surface area (Å²) < 4.78 is 5.29. The van der Waals surface area contributed by atoms with Crippen LogP contribution in [0.4, 0.5) is 0 Å². The summed E-state index contributed by atoms with van der Waals surface area (Å²) in [6.45, 7) is 2.68. The molecular formula is C8H10Cl2N2O. The van der Waals surface area contributed by atoms with Crippen molar-refractivity contribution in [1.29, 1.82) is 0 Å². The molecule has 1 aromatic heterocycles. The van der Waals surface area contributed by atoms with E-state index < -0.39 is 0 Å². The van der Waals surface area contributed by atoms with Gasteiger partial charge in [-0.05, 0) is 18.0 Å². The summed E-state index contributed by atoms with van der Waals surface area (Å²) >= 11 is 11.3. The van der Waals surface area contributed by atoms with Crippen molar-refractivity contribution in [2.75, 3.05) is 6.61 Å². The van der Waals surface area contributed by atoms with E-state index in [4.69, 9.17) is 27.9 Å². The predicted molar refractivity (Wildman–Crippen MR) is 52.5 cm³/mol. The highest BCUT2D eigenvalue weighted by molar-refractivity contribution is 6.32. The van der Waals surface area contributed by atoms with E-state index in [0.717, 1.165) is 12.8 Å². The summed E-state index contributed by atoms with van der Waals surface area (Å²) in [5.41, 5.74) is 0. The Bertz CT molecular complexity index is 281. The average molecular weight is 221 g/mol. The molecule has 0 aromatic carbocycles. The maximum absolute atomic E-state index is 5.77. The first kappa shape index (κ1) is 10.5. The van der Waals surface area contributed by atoms with Crippen LogP contribution in [0.25, 0.3) is 0 Å². The SMILES string of the molecule is CCCCOc1nc(Cl)ncc1Cl. The number of rotatable bonds is 4. The molecule has 3 nitrogen and oxygen atoms in total. The van der Waals surface area contributed by atoms with Crippen molar-refractivity contribution in [2.24, 2.45) is 0 Å². The molecule has 1 rings (SSSR count). The summed E-state index contributed by atoms with van der Waals surface area (Å²) in [5.74, 6) is 0.357. The molecule has 0 spiro atoms. The van der Waals surface area contributed by atoms with Crippen LogP contribution >= 0.6 is 23.2 Å². The fourth-order valence-electron chi connectivity index (χ4n) is 0.746. The van der Waals surface area contributed by atoms with Crippen molar-refractivity contribution >= 4 is 23.2 Å². The number of halogens is 2. The second-order valence-corrected chi connectivity index (χ2v) is 3.24. The van der Waals surface area contributed by atoms with Gasteiger partial charge in [-0.2, -0.15) is 4.98 Å². The third-order valence-corrected chi connectivity index (χ3v) is 1.86. The molecule has 1 aromatic rings. The lowest BCUT2D eigenvalue weighted by molar-refractivity contribution is 0.297. The molecule has 1 heterocycles. The molecule has 0 amide bonds. The average Bonchev–Trinajstić information content (AvgIpc) is 2.11. The molecule has 0 atom stereocenters. The largest absolute Gasteiger partial charge is 0.477 e. The minimum Gasteiger partial charge on any atom is -0.477 e. The van der Waals surface area contributed by atoms with Crippen molar-refractivity contribution in [3.63, 3.8) is 0 Å². The van der Waals surface area contributed by atoms with Gasteiger partial charge >= 0.3 is 0 Å². The van der Waals surface area contributed by atoms with Crippen LogP contribution in [0.1, 0.15) is 19.8 Å². The zero-order chi connectivity index (χ0) is 9.68. The van der Waals surface area contributed by atoms with Crippen LogP contribution in [0, 0.1) is 0 Å². The molecule has 72 valence electrons. The first-order chi connectivity index (χ1) is 6.24. The van der Waals surface area contributed by atoms with E-state index >= 15 is 0 Å². The number of unbranched alkanes of at least 4 members (excludes halogenated alkanes) is 1. The van der Waals surface area contributed by atoms with Crippen LogP contribution in [0.3, 0.4) is 0 Å². The molecule has 0 unspecified atom stereocenters. The quantitative estimate of drug-likeness (QED) is 0.579. The first-order valence-corrected chi connectivity index (χ1v) is 4.80. The minimum absolute atomic E-state index is 0.149. The van der Waals surface area contributed by atoms with E-state index in [1.165, 1.54) is 6.20 Å². The standard InChI is InChI=1S/C8H10Cl2N2O/c1-2-3-4-13-7-6(9)5-11-8(10)12-7/h5H,2-4H2,1H3. The Morgan fingerprint density at radius 3 is 2.92 bits per heavy atom. The van der Waals surface area contributed by atoms with Crippen molar-refractivity contribution in [3.8, 4) is 5.88 Å². The minimum atomic E-state index is 0.149. The Kier molecular flexibility index (Phi) is 4.25. The van der Waals surface area contributed by atoms with Crippen molar-refractivity contribution in [3.05, 3.63) is 16.5 Å². The van der Waals surface area contributed by atoms with Crippen LogP contribution in [-0.2, 0) is 0 Å². The van der Waals surface area contributed by atoms with E-state index in [0.29, 0.717) is 17.5 Å². The summed E-state index contributed by atoms with van der Waals surface area (Å²) in [5, 5.41) is 0.538. The summed E-state index contributed by atoms with van der Waals surface area (Å²) in [6, 6.07) is 0. The van der Waals surface area contributed by atoms with Crippen LogP contribution in [0.15, 0.2) is 6.20 Å². The summed E-state index contributed by atoms with van der Waals surface area (Å²) in [6.07, 6.45) is 3.46. The highest BCUT2D eigenvalue weighted by Crippen LogP contribution is 2.21. The number of ether oxygens (including phenoxy) is 1. The van der Waals surface area contributed by atoms with Crippen molar-refractivity contribution < 1.29 is 4.74 Å². The van der Waals surface area contributed by atoms with Crippen LogP contribution < -0.4 is 4.74 Å². The molecule has 5 heteroatoms. The summed E-state index contributed by atoms with van der Waals surface area (Å²) in [7, 11) is 0. The molecule has 0 aliphatic heterocycles. The maximum atomic E-state index is 5.77. The predicted octanol–water partition coefficient (Wildman–Crippen LogP) is 2.96. The lowest BCUT2D eigenvalue weighted by Crippen LogP contribution is -1.99. The molecule has 0 N–H and O–H groups in total. The third kappa shape index (κ3) is 3.36. The Labute approximate surface area is 87.1 Å². The molecule has 0 fully saturated rings. The number of hydrogen-bond donors (Lipinski definition) is 0. The zero-order valence-corrected chi connectivity index (χ0v) is 8.77. The smallest absolute Gasteiger partial charge is 0.237 e. The Hall–Kier alpha value is -0.540. The van der Waals surface area contributed by atoms with Gasteiger partial charge in [0.05, 0.1) is 12.8 Å². The van der Waals surface area contributed by atoms with Crippen LogP contribution in [-0.4, -0.2) is 16.6 Å². The Balaban J connectivity index is 2.59. The van der Waals surface area contributed by atoms with E-state index in [2.05, 4.69) is 16.9 Å². The van der Waals surface area contributed by atoms with Gasteiger partial charge in [0.2, 0.25) is 11.2 Å². The monoisotopic (exact) mass is 220 g/mol. The highest BCUT2D eigenvalue weighted by atomic mass is 35.5. The van der Waals surface area contributed by atoms with Gasteiger partial charge in [0.1, 0.15) is 5.02 Å². The lowest BCUT2D eigenvalue weighted by atomic mass is 10.4. The zero-order valence-electron chi connectivity index (χ0n) is 7.26. The highest BCUT2D eigenvalue weighted by Gasteiger charge is 2.04. The molecular weight excluding hydrogens is 211 g/mol. The lowest BCUT2D eigenvalue weighted by Gasteiger charge is -2.04. The van der Waals surface area contributed by atoms with Gasteiger partial charge in [0.25, 0.3) is 0 Å². The molecule has 13 heavy (non-hydrogen) atoms. The Morgan fingerprint density at radius 1 is 1.46 bits per heavy atom.